The van der Waals surface area contributed by atoms with Crippen LogP contribution < -0.4 is 15.5 Å². The van der Waals surface area contributed by atoms with Gasteiger partial charge in [0.25, 0.3) is 0 Å². The molecule has 2 amide bonds. The number of hydrogen-bond donors (Lipinski definition) is 3. The first-order chi connectivity index (χ1) is 15.9. The van der Waals surface area contributed by atoms with E-state index in [2.05, 4.69) is 22.5 Å². The third kappa shape index (κ3) is 5.40. The van der Waals surface area contributed by atoms with Gasteiger partial charge in [0.15, 0.2) is 0 Å². The molecule has 0 saturated carbocycles. The highest BCUT2D eigenvalue weighted by molar-refractivity contribution is 5.90. The maximum atomic E-state index is 14.9. The predicted octanol–water partition coefficient (Wildman–Crippen LogP) is 4.13. The lowest BCUT2D eigenvalue weighted by Crippen LogP contribution is -2.33. The van der Waals surface area contributed by atoms with Gasteiger partial charge in [0, 0.05) is 37.0 Å². The van der Waals surface area contributed by atoms with Crippen molar-refractivity contribution in [3.63, 3.8) is 0 Å². The second kappa shape index (κ2) is 9.87. The van der Waals surface area contributed by atoms with Crippen LogP contribution in [0.4, 0.5) is 14.9 Å². The van der Waals surface area contributed by atoms with Gasteiger partial charge in [-0.25, -0.2) is 9.18 Å². The van der Waals surface area contributed by atoms with Gasteiger partial charge in [-0.15, -0.1) is 0 Å². The highest BCUT2D eigenvalue weighted by Gasteiger charge is 2.32. The number of nitrogens with zero attached hydrogens (tertiary/aromatic N) is 1. The van der Waals surface area contributed by atoms with Gasteiger partial charge in [-0.05, 0) is 48.4 Å². The molecule has 33 heavy (non-hydrogen) atoms. The van der Waals surface area contributed by atoms with E-state index >= 15 is 0 Å². The molecule has 4 rings (SSSR count). The SMILES string of the molecule is CC(=O)NC[C@H]1CN(c2ccc(-c3ccc(CNC(C)c4ccc[nH]4)cc3)c(F)c2)C(=O)O1. The third-order valence-electron chi connectivity index (χ3n) is 5.68. The van der Waals surface area contributed by atoms with Gasteiger partial charge in [0.2, 0.25) is 5.91 Å². The Morgan fingerprint density at radius 3 is 2.70 bits per heavy atom. The molecular weight excluding hydrogens is 423 g/mol. The number of amides is 2. The van der Waals surface area contributed by atoms with Crippen LogP contribution in [0.5, 0.6) is 0 Å². The van der Waals surface area contributed by atoms with E-state index in [1.807, 2.05) is 42.6 Å². The summed E-state index contributed by atoms with van der Waals surface area (Å²) in [5, 5.41) is 6.08. The zero-order chi connectivity index (χ0) is 23.4. The van der Waals surface area contributed by atoms with Crippen LogP contribution in [0, 0.1) is 5.82 Å². The molecule has 3 aromatic rings. The topological polar surface area (TPSA) is 86.5 Å². The standard InChI is InChI=1S/C25H27FN4O3/c1-16(24-4-3-11-27-24)28-13-18-5-7-19(8-6-18)22-10-9-20(12-23(22)26)30-15-21(33-25(30)32)14-29-17(2)31/h3-12,16,21,27-28H,13-15H2,1-2H3,(H,29,31)/t16?,21-/m0/s1. The maximum absolute atomic E-state index is 14.9. The maximum Gasteiger partial charge on any atom is 0.414 e. The lowest BCUT2D eigenvalue weighted by molar-refractivity contribution is -0.119. The summed E-state index contributed by atoms with van der Waals surface area (Å²) in [6, 6.07) is 16.6. The van der Waals surface area contributed by atoms with E-state index in [9.17, 15) is 14.0 Å². The van der Waals surface area contributed by atoms with Gasteiger partial charge in [-0.2, -0.15) is 0 Å². The number of ether oxygens (including phenoxy) is 1. The van der Waals surface area contributed by atoms with Gasteiger partial charge in [-0.1, -0.05) is 24.3 Å². The van der Waals surface area contributed by atoms with E-state index in [0.717, 1.165) is 16.8 Å². The molecule has 1 fully saturated rings. The summed E-state index contributed by atoms with van der Waals surface area (Å²) in [5.41, 5.74) is 3.86. The summed E-state index contributed by atoms with van der Waals surface area (Å²) in [6.07, 6.45) is 0.881. The van der Waals surface area contributed by atoms with Crippen molar-refractivity contribution in [2.75, 3.05) is 18.0 Å². The minimum Gasteiger partial charge on any atom is -0.442 e. The van der Waals surface area contributed by atoms with Crippen LogP contribution in [0.1, 0.15) is 31.1 Å². The number of rotatable bonds is 8. The fraction of sp³-hybridized carbons (Fsp3) is 0.280. The zero-order valence-corrected chi connectivity index (χ0v) is 18.6. The Bertz CT molecular complexity index is 1120. The molecule has 1 aliphatic rings. The fourth-order valence-corrected chi connectivity index (χ4v) is 3.80. The molecule has 172 valence electrons. The number of aromatic amines is 1. The van der Waals surface area contributed by atoms with Crippen molar-refractivity contribution in [1.29, 1.82) is 0 Å². The molecule has 1 aromatic heterocycles. The van der Waals surface area contributed by atoms with Crippen molar-refractivity contribution >= 4 is 17.7 Å². The van der Waals surface area contributed by atoms with Crippen molar-refractivity contribution in [2.24, 2.45) is 0 Å². The first kappa shape index (κ1) is 22.5. The van der Waals surface area contributed by atoms with Crippen LogP contribution in [-0.2, 0) is 16.1 Å². The second-order valence-electron chi connectivity index (χ2n) is 8.14. The summed E-state index contributed by atoms with van der Waals surface area (Å²) < 4.78 is 20.2. The minimum absolute atomic E-state index is 0.194. The number of benzene rings is 2. The molecule has 1 unspecified atom stereocenters. The van der Waals surface area contributed by atoms with Gasteiger partial charge in [0.1, 0.15) is 11.9 Å². The van der Waals surface area contributed by atoms with E-state index in [-0.39, 0.29) is 25.0 Å². The minimum atomic E-state index is -0.553. The van der Waals surface area contributed by atoms with Crippen molar-refractivity contribution in [1.82, 2.24) is 15.6 Å². The molecule has 1 aliphatic heterocycles. The number of aromatic nitrogens is 1. The van der Waals surface area contributed by atoms with Crippen LogP contribution in [0.2, 0.25) is 0 Å². The molecule has 1 saturated heterocycles. The molecule has 0 bridgehead atoms. The number of carbonyl (C=O) groups excluding carboxylic acids is 2. The molecule has 2 aromatic carbocycles. The van der Waals surface area contributed by atoms with Crippen molar-refractivity contribution in [3.8, 4) is 11.1 Å². The highest BCUT2D eigenvalue weighted by atomic mass is 19.1. The Labute approximate surface area is 191 Å². The lowest BCUT2D eigenvalue weighted by Gasteiger charge is -2.15. The quantitative estimate of drug-likeness (QED) is 0.482. The van der Waals surface area contributed by atoms with Crippen LogP contribution in [0.15, 0.2) is 60.8 Å². The Morgan fingerprint density at radius 2 is 2.03 bits per heavy atom. The van der Waals surface area contributed by atoms with Crippen molar-refractivity contribution in [3.05, 3.63) is 77.9 Å². The lowest BCUT2D eigenvalue weighted by atomic mass is 10.0. The largest absolute Gasteiger partial charge is 0.442 e. The molecule has 8 heteroatoms. The monoisotopic (exact) mass is 450 g/mol. The number of nitrogens with one attached hydrogen (secondary N) is 3. The van der Waals surface area contributed by atoms with E-state index in [1.165, 1.54) is 17.9 Å². The van der Waals surface area contributed by atoms with Crippen LogP contribution in [-0.4, -0.2) is 36.2 Å². The zero-order valence-electron chi connectivity index (χ0n) is 18.6. The van der Waals surface area contributed by atoms with Crippen molar-refractivity contribution < 1.29 is 18.7 Å². The van der Waals surface area contributed by atoms with Crippen LogP contribution in [0.3, 0.4) is 0 Å². The summed E-state index contributed by atoms with van der Waals surface area (Å²) in [7, 11) is 0. The number of carbonyl (C=O) groups is 2. The number of halogens is 1. The average Bonchev–Trinajstić information content (AvgIpc) is 3.46. The summed E-state index contributed by atoms with van der Waals surface area (Å²) >= 11 is 0. The molecule has 2 atom stereocenters. The summed E-state index contributed by atoms with van der Waals surface area (Å²) in [6.45, 7) is 4.66. The van der Waals surface area contributed by atoms with E-state index in [4.69, 9.17) is 4.74 Å². The second-order valence-corrected chi connectivity index (χ2v) is 8.14. The Kier molecular flexibility index (Phi) is 6.74. The summed E-state index contributed by atoms with van der Waals surface area (Å²) in [5.74, 6) is -0.617. The first-order valence-electron chi connectivity index (χ1n) is 10.9. The van der Waals surface area contributed by atoms with E-state index < -0.39 is 18.0 Å². The normalized spacial score (nSPS) is 16.5. The first-order valence-corrected chi connectivity index (χ1v) is 10.9. The number of anilines is 1. The number of H-pyrrole nitrogens is 1. The van der Waals surface area contributed by atoms with Gasteiger partial charge < -0.3 is 20.4 Å². The van der Waals surface area contributed by atoms with Crippen LogP contribution in [0.25, 0.3) is 11.1 Å². The Morgan fingerprint density at radius 1 is 1.24 bits per heavy atom. The number of cyclic esters (lactones) is 1. The molecule has 3 N–H and O–H groups in total. The average molecular weight is 451 g/mol. The van der Waals surface area contributed by atoms with Gasteiger partial charge >= 0.3 is 6.09 Å². The Balaban J connectivity index is 1.39. The van der Waals surface area contributed by atoms with E-state index in [0.29, 0.717) is 17.8 Å². The fourth-order valence-electron chi connectivity index (χ4n) is 3.80. The summed E-state index contributed by atoms with van der Waals surface area (Å²) in [4.78, 5) is 27.8. The molecule has 0 spiro atoms. The molecule has 0 radical (unpaired) electrons. The highest BCUT2D eigenvalue weighted by Crippen LogP contribution is 2.29. The van der Waals surface area contributed by atoms with Crippen LogP contribution >= 0.6 is 0 Å². The Hall–Kier alpha value is -3.65. The molecule has 2 heterocycles. The van der Waals surface area contributed by atoms with Gasteiger partial charge in [-0.3, -0.25) is 9.69 Å². The smallest absolute Gasteiger partial charge is 0.414 e. The number of hydrogen-bond acceptors (Lipinski definition) is 4. The molecular formula is C25H27FN4O3. The van der Waals surface area contributed by atoms with Gasteiger partial charge in [0.05, 0.1) is 18.8 Å². The van der Waals surface area contributed by atoms with E-state index in [1.54, 1.807) is 12.1 Å². The van der Waals surface area contributed by atoms with Crippen molar-refractivity contribution in [2.45, 2.75) is 32.5 Å². The molecule has 7 nitrogen and oxygen atoms in total. The predicted molar refractivity (Wildman–Crippen MR) is 124 cm³/mol. The molecule has 0 aliphatic carbocycles. The third-order valence-corrected chi connectivity index (χ3v) is 5.68.